The van der Waals surface area contributed by atoms with Crippen LogP contribution in [-0.2, 0) is 0 Å². The lowest BCUT2D eigenvalue weighted by Crippen LogP contribution is -2.16. The maximum absolute atomic E-state index is 11.1. The van der Waals surface area contributed by atoms with E-state index >= 15 is 0 Å². The first-order chi connectivity index (χ1) is 10.7. The SMILES string of the molecule is COc1ccccc1Oc1cnc(C(N)=O)nc1OCCO. The van der Waals surface area contributed by atoms with Gasteiger partial charge in [-0.1, -0.05) is 12.1 Å². The summed E-state index contributed by atoms with van der Waals surface area (Å²) in [6.45, 7) is -0.235. The van der Waals surface area contributed by atoms with Gasteiger partial charge in [-0.2, -0.15) is 4.98 Å². The Bertz CT molecular complexity index is 663. The number of para-hydroxylation sites is 2. The van der Waals surface area contributed by atoms with Crippen molar-refractivity contribution in [1.82, 2.24) is 9.97 Å². The number of aromatic nitrogens is 2. The molecular formula is C14H15N3O5. The Morgan fingerprint density at radius 3 is 2.64 bits per heavy atom. The molecule has 0 saturated heterocycles. The monoisotopic (exact) mass is 305 g/mol. The number of nitrogens with two attached hydrogens (primary N) is 1. The second kappa shape index (κ2) is 7.23. The number of aliphatic hydroxyl groups excluding tert-OH is 1. The van der Waals surface area contributed by atoms with Crippen molar-refractivity contribution in [3.8, 4) is 23.1 Å². The Morgan fingerprint density at radius 2 is 2.00 bits per heavy atom. The number of benzene rings is 1. The number of amides is 1. The van der Waals surface area contributed by atoms with Crippen LogP contribution in [0.5, 0.6) is 23.1 Å². The lowest BCUT2D eigenvalue weighted by atomic mass is 10.3. The maximum atomic E-state index is 11.1. The summed E-state index contributed by atoms with van der Waals surface area (Å²) in [5, 5.41) is 8.85. The summed E-state index contributed by atoms with van der Waals surface area (Å²) >= 11 is 0. The molecule has 0 aliphatic heterocycles. The molecule has 1 heterocycles. The Hall–Kier alpha value is -2.87. The number of carbonyl (C=O) groups is 1. The summed E-state index contributed by atoms with van der Waals surface area (Å²) < 4.78 is 16.1. The van der Waals surface area contributed by atoms with Gasteiger partial charge in [0, 0.05) is 0 Å². The molecular weight excluding hydrogens is 290 g/mol. The fraction of sp³-hybridized carbons (Fsp3) is 0.214. The highest BCUT2D eigenvalue weighted by Crippen LogP contribution is 2.34. The number of aliphatic hydroxyl groups is 1. The van der Waals surface area contributed by atoms with Crippen LogP contribution >= 0.6 is 0 Å². The van der Waals surface area contributed by atoms with Crippen LogP contribution in [0.15, 0.2) is 30.5 Å². The molecule has 0 saturated carbocycles. The first-order valence-electron chi connectivity index (χ1n) is 6.37. The third-order valence-electron chi connectivity index (χ3n) is 2.56. The number of carbonyl (C=O) groups excluding carboxylic acids is 1. The van der Waals surface area contributed by atoms with E-state index in [1.807, 2.05) is 0 Å². The highest BCUT2D eigenvalue weighted by molar-refractivity contribution is 5.88. The number of hydrogen-bond donors (Lipinski definition) is 2. The van der Waals surface area contributed by atoms with Crippen molar-refractivity contribution in [3.63, 3.8) is 0 Å². The first-order valence-corrected chi connectivity index (χ1v) is 6.37. The van der Waals surface area contributed by atoms with Crippen LogP contribution in [0.1, 0.15) is 10.6 Å². The highest BCUT2D eigenvalue weighted by atomic mass is 16.5. The average Bonchev–Trinajstić information content (AvgIpc) is 2.54. The third-order valence-corrected chi connectivity index (χ3v) is 2.56. The molecule has 0 aliphatic carbocycles. The van der Waals surface area contributed by atoms with E-state index in [9.17, 15) is 4.79 Å². The third kappa shape index (κ3) is 3.61. The second-order valence-electron chi connectivity index (χ2n) is 4.05. The van der Waals surface area contributed by atoms with E-state index in [1.54, 1.807) is 24.3 Å². The Kier molecular flexibility index (Phi) is 5.10. The molecule has 0 bridgehead atoms. The van der Waals surface area contributed by atoms with Gasteiger partial charge in [0.25, 0.3) is 11.8 Å². The lowest BCUT2D eigenvalue weighted by molar-refractivity contribution is 0.0988. The van der Waals surface area contributed by atoms with Crippen LogP contribution < -0.4 is 19.9 Å². The van der Waals surface area contributed by atoms with Crippen LogP contribution in [0, 0.1) is 0 Å². The first kappa shape index (κ1) is 15.5. The summed E-state index contributed by atoms with van der Waals surface area (Å²) in [5.74, 6) is 0.105. The van der Waals surface area contributed by atoms with Gasteiger partial charge in [0.2, 0.25) is 11.6 Å². The summed E-state index contributed by atoms with van der Waals surface area (Å²) in [5.41, 5.74) is 5.13. The van der Waals surface area contributed by atoms with E-state index in [1.165, 1.54) is 13.3 Å². The van der Waals surface area contributed by atoms with E-state index in [-0.39, 0.29) is 30.7 Å². The molecule has 1 amide bonds. The van der Waals surface area contributed by atoms with E-state index in [4.69, 9.17) is 25.1 Å². The van der Waals surface area contributed by atoms with Crippen LogP contribution in [0.25, 0.3) is 0 Å². The van der Waals surface area contributed by atoms with E-state index in [0.717, 1.165) is 0 Å². The molecule has 3 N–H and O–H groups in total. The molecule has 0 unspecified atom stereocenters. The minimum atomic E-state index is -0.794. The number of ether oxygens (including phenoxy) is 3. The predicted octanol–water partition coefficient (Wildman–Crippen LogP) is 0.747. The fourth-order valence-corrected chi connectivity index (χ4v) is 1.61. The molecule has 22 heavy (non-hydrogen) atoms. The molecule has 0 fully saturated rings. The second-order valence-corrected chi connectivity index (χ2v) is 4.05. The Morgan fingerprint density at radius 1 is 1.27 bits per heavy atom. The van der Waals surface area contributed by atoms with Gasteiger partial charge in [0.15, 0.2) is 11.5 Å². The van der Waals surface area contributed by atoms with Gasteiger partial charge in [-0.05, 0) is 12.1 Å². The Labute approximate surface area is 126 Å². The van der Waals surface area contributed by atoms with Gasteiger partial charge in [-0.15, -0.1) is 0 Å². The number of primary amides is 1. The lowest BCUT2D eigenvalue weighted by Gasteiger charge is -2.13. The van der Waals surface area contributed by atoms with Crippen LogP contribution in [0.2, 0.25) is 0 Å². The summed E-state index contributed by atoms with van der Waals surface area (Å²) in [6, 6.07) is 6.98. The van der Waals surface area contributed by atoms with Crippen molar-refractivity contribution in [2.45, 2.75) is 0 Å². The number of hydrogen-bond acceptors (Lipinski definition) is 7. The van der Waals surface area contributed by atoms with Gasteiger partial charge < -0.3 is 25.1 Å². The molecule has 2 aromatic rings. The zero-order valence-electron chi connectivity index (χ0n) is 11.9. The van der Waals surface area contributed by atoms with Crippen molar-refractivity contribution in [2.75, 3.05) is 20.3 Å². The molecule has 1 aromatic heterocycles. The van der Waals surface area contributed by atoms with E-state index < -0.39 is 5.91 Å². The topological polar surface area (TPSA) is 117 Å². The normalized spacial score (nSPS) is 10.1. The minimum Gasteiger partial charge on any atom is -0.493 e. The Balaban J connectivity index is 2.34. The smallest absolute Gasteiger partial charge is 0.286 e. The fourth-order valence-electron chi connectivity index (χ4n) is 1.61. The molecule has 116 valence electrons. The number of nitrogens with zero attached hydrogens (tertiary/aromatic N) is 2. The summed E-state index contributed by atoms with van der Waals surface area (Å²) in [6.07, 6.45) is 1.27. The van der Waals surface area contributed by atoms with Crippen LogP contribution in [0.3, 0.4) is 0 Å². The van der Waals surface area contributed by atoms with Gasteiger partial charge in [0.1, 0.15) is 6.61 Å². The van der Waals surface area contributed by atoms with Gasteiger partial charge in [-0.3, -0.25) is 4.79 Å². The van der Waals surface area contributed by atoms with E-state index in [2.05, 4.69) is 9.97 Å². The molecule has 0 aliphatic rings. The molecule has 2 rings (SSSR count). The van der Waals surface area contributed by atoms with Crippen LogP contribution in [-0.4, -0.2) is 41.3 Å². The quantitative estimate of drug-likeness (QED) is 0.775. The summed E-state index contributed by atoms with van der Waals surface area (Å²) in [4.78, 5) is 18.8. The summed E-state index contributed by atoms with van der Waals surface area (Å²) in [7, 11) is 1.51. The van der Waals surface area contributed by atoms with Crippen molar-refractivity contribution in [1.29, 1.82) is 0 Å². The molecule has 0 radical (unpaired) electrons. The molecule has 8 heteroatoms. The number of rotatable bonds is 7. The van der Waals surface area contributed by atoms with E-state index in [0.29, 0.717) is 11.5 Å². The minimum absolute atomic E-state index is 0.00348. The standard InChI is InChI=1S/C14H15N3O5/c1-20-9-4-2-3-5-10(9)22-11-8-16-13(12(15)19)17-14(11)21-7-6-18/h2-5,8,18H,6-7H2,1H3,(H2,15,19). The van der Waals surface area contributed by atoms with Gasteiger partial charge in [0.05, 0.1) is 19.9 Å². The molecule has 1 aromatic carbocycles. The zero-order valence-corrected chi connectivity index (χ0v) is 11.9. The molecule has 0 spiro atoms. The van der Waals surface area contributed by atoms with Crippen molar-refractivity contribution in [2.24, 2.45) is 5.73 Å². The van der Waals surface area contributed by atoms with Crippen molar-refractivity contribution >= 4 is 5.91 Å². The molecule has 0 atom stereocenters. The van der Waals surface area contributed by atoms with Gasteiger partial charge >= 0.3 is 0 Å². The van der Waals surface area contributed by atoms with Crippen molar-refractivity contribution in [3.05, 3.63) is 36.3 Å². The largest absolute Gasteiger partial charge is 0.493 e. The number of methoxy groups -OCH3 is 1. The highest BCUT2D eigenvalue weighted by Gasteiger charge is 2.15. The molecule has 8 nitrogen and oxygen atoms in total. The van der Waals surface area contributed by atoms with Gasteiger partial charge in [-0.25, -0.2) is 4.98 Å². The van der Waals surface area contributed by atoms with Crippen LogP contribution in [0.4, 0.5) is 0 Å². The average molecular weight is 305 g/mol. The zero-order chi connectivity index (χ0) is 15.9. The van der Waals surface area contributed by atoms with Crippen molar-refractivity contribution < 1.29 is 24.1 Å². The predicted molar refractivity (Wildman–Crippen MR) is 76.2 cm³/mol. The maximum Gasteiger partial charge on any atom is 0.286 e.